The molecule has 1 rings (SSSR count). The molecule has 0 heterocycles. The first-order valence-corrected chi connectivity index (χ1v) is 4.31. The van der Waals surface area contributed by atoms with Crippen LogP contribution in [0.25, 0.3) is 0 Å². The third-order valence-corrected chi connectivity index (χ3v) is 3.37. The van der Waals surface area contributed by atoms with Gasteiger partial charge in [-0.25, -0.2) is 0 Å². The van der Waals surface area contributed by atoms with E-state index in [0.717, 1.165) is 11.8 Å². The summed E-state index contributed by atoms with van der Waals surface area (Å²) in [5, 5.41) is 0. The van der Waals surface area contributed by atoms with Crippen LogP contribution in [0.5, 0.6) is 0 Å². The maximum Gasteiger partial charge on any atom is 0.0282 e. The Morgan fingerprint density at radius 1 is 1.44 bits per heavy atom. The summed E-state index contributed by atoms with van der Waals surface area (Å²) < 4.78 is 0. The van der Waals surface area contributed by atoms with Crippen molar-refractivity contribution >= 4 is 11.6 Å². The summed E-state index contributed by atoms with van der Waals surface area (Å²) in [6.45, 7) is 4.56. The highest BCUT2D eigenvalue weighted by molar-refractivity contribution is 6.18. The molecule has 0 spiro atoms. The fourth-order valence-electron chi connectivity index (χ4n) is 1.50. The van der Waals surface area contributed by atoms with Gasteiger partial charge in [0.25, 0.3) is 0 Å². The van der Waals surface area contributed by atoms with Crippen LogP contribution in [0.4, 0.5) is 0 Å². The zero-order valence-corrected chi connectivity index (χ0v) is 7.04. The molecule has 1 heteroatoms. The molecule has 0 saturated heterocycles. The van der Waals surface area contributed by atoms with Gasteiger partial charge in [-0.05, 0) is 24.2 Å². The number of rotatable bonds is 2. The van der Waals surface area contributed by atoms with Crippen LogP contribution in [-0.2, 0) is 0 Å². The van der Waals surface area contributed by atoms with Crippen molar-refractivity contribution in [3.8, 4) is 0 Å². The minimum Gasteiger partial charge on any atom is -0.126 e. The summed E-state index contributed by atoms with van der Waals surface area (Å²) in [6, 6.07) is 0. The maximum absolute atomic E-state index is 5.86. The van der Waals surface area contributed by atoms with E-state index in [4.69, 9.17) is 11.6 Å². The van der Waals surface area contributed by atoms with Gasteiger partial charge in [0.1, 0.15) is 0 Å². The van der Waals surface area contributed by atoms with Crippen LogP contribution < -0.4 is 0 Å². The van der Waals surface area contributed by atoms with Crippen LogP contribution in [0.1, 0.15) is 33.1 Å². The van der Waals surface area contributed by atoms with Gasteiger partial charge in [0.15, 0.2) is 0 Å². The fraction of sp³-hybridized carbons (Fsp3) is 1.00. The zero-order valence-electron chi connectivity index (χ0n) is 6.28. The normalized spacial score (nSPS) is 24.0. The molecule has 1 aliphatic carbocycles. The Kier molecular flexibility index (Phi) is 2.05. The Balaban J connectivity index is 2.46. The molecule has 0 atom stereocenters. The quantitative estimate of drug-likeness (QED) is 0.526. The highest BCUT2D eigenvalue weighted by Gasteiger charge is 2.38. The molecular formula is C8H15Cl. The van der Waals surface area contributed by atoms with E-state index >= 15 is 0 Å². The van der Waals surface area contributed by atoms with E-state index < -0.39 is 0 Å². The molecule has 1 fully saturated rings. The zero-order chi connectivity index (χ0) is 6.91. The van der Waals surface area contributed by atoms with Crippen molar-refractivity contribution < 1.29 is 0 Å². The van der Waals surface area contributed by atoms with Crippen molar-refractivity contribution in [3.05, 3.63) is 0 Å². The van der Waals surface area contributed by atoms with Gasteiger partial charge in [0.2, 0.25) is 0 Å². The highest BCUT2D eigenvalue weighted by Crippen LogP contribution is 2.47. The minimum absolute atomic E-state index is 0.529. The standard InChI is InChI=1S/C8H15Cl/c1-7(2)8(6-9)4-3-5-8/h7H,3-6H2,1-2H3. The molecule has 9 heavy (non-hydrogen) atoms. The molecule has 1 saturated carbocycles. The summed E-state index contributed by atoms with van der Waals surface area (Å²) in [5.74, 6) is 1.65. The third kappa shape index (κ3) is 1.10. The van der Waals surface area contributed by atoms with E-state index in [1.807, 2.05) is 0 Å². The number of halogens is 1. The molecule has 0 bridgehead atoms. The van der Waals surface area contributed by atoms with Gasteiger partial charge in [-0.2, -0.15) is 0 Å². The number of hydrogen-bond donors (Lipinski definition) is 0. The van der Waals surface area contributed by atoms with Crippen LogP contribution in [0.2, 0.25) is 0 Å². The Labute approximate surface area is 62.6 Å². The van der Waals surface area contributed by atoms with Gasteiger partial charge in [0.05, 0.1) is 0 Å². The van der Waals surface area contributed by atoms with Crippen LogP contribution in [-0.4, -0.2) is 5.88 Å². The second-order valence-electron chi connectivity index (χ2n) is 3.50. The summed E-state index contributed by atoms with van der Waals surface area (Å²) in [4.78, 5) is 0. The second-order valence-corrected chi connectivity index (χ2v) is 3.77. The molecule has 0 aromatic carbocycles. The second kappa shape index (κ2) is 2.49. The molecule has 54 valence electrons. The summed E-state index contributed by atoms with van der Waals surface area (Å²) in [6.07, 6.45) is 4.10. The third-order valence-electron chi connectivity index (χ3n) is 2.84. The summed E-state index contributed by atoms with van der Waals surface area (Å²) in [5.41, 5.74) is 0.529. The van der Waals surface area contributed by atoms with Crippen LogP contribution >= 0.6 is 11.6 Å². The summed E-state index contributed by atoms with van der Waals surface area (Å²) in [7, 11) is 0. The average molecular weight is 147 g/mol. The molecular weight excluding hydrogens is 132 g/mol. The molecule has 0 aromatic heterocycles. The van der Waals surface area contributed by atoms with Crippen molar-refractivity contribution in [2.45, 2.75) is 33.1 Å². The number of alkyl halides is 1. The Morgan fingerprint density at radius 2 is 2.00 bits per heavy atom. The lowest BCUT2D eigenvalue weighted by atomic mass is 9.63. The van der Waals surface area contributed by atoms with E-state index in [2.05, 4.69) is 13.8 Å². The van der Waals surface area contributed by atoms with Crippen LogP contribution in [0.3, 0.4) is 0 Å². The van der Waals surface area contributed by atoms with Crippen LogP contribution in [0, 0.1) is 11.3 Å². The predicted octanol–water partition coefficient (Wildman–Crippen LogP) is 3.05. The Hall–Kier alpha value is 0.290. The van der Waals surface area contributed by atoms with Gasteiger partial charge in [-0.1, -0.05) is 20.3 Å². The largest absolute Gasteiger partial charge is 0.126 e. The predicted molar refractivity (Wildman–Crippen MR) is 41.8 cm³/mol. The first kappa shape index (κ1) is 7.40. The summed E-state index contributed by atoms with van der Waals surface area (Å²) >= 11 is 5.86. The lowest BCUT2D eigenvalue weighted by molar-refractivity contribution is 0.0979. The average Bonchev–Trinajstić information content (AvgIpc) is 1.62. The molecule has 0 N–H and O–H groups in total. The van der Waals surface area contributed by atoms with Crippen molar-refractivity contribution in [2.24, 2.45) is 11.3 Å². The Bertz CT molecular complexity index is 87.2. The van der Waals surface area contributed by atoms with Gasteiger partial charge in [-0.15, -0.1) is 11.6 Å². The first-order chi connectivity index (χ1) is 4.21. The molecule has 0 radical (unpaired) electrons. The monoisotopic (exact) mass is 146 g/mol. The van der Waals surface area contributed by atoms with Gasteiger partial charge < -0.3 is 0 Å². The van der Waals surface area contributed by atoms with Gasteiger partial charge in [0, 0.05) is 5.88 Å². The molecule has 0 aliphatic heterocycles. The molecule has 0 amide bonds. The van der Waals surface area contributed by atoms with Crippen molar-refractivity contribution in [1.82, 2.24) is 0 Å². The minimum atomic E-state index is 0.529. The number of hydrogen-bond acceptors (Lipinski definition) is 0. The van der Waals surface area contributed by atoms with E-state index in [9.17, 15) is 0 Å². The van der Waals surface area contributed by atoms with E-state index in [1.54, 1.807) is 0 Å². The van der Waals surface area contributed by atoms with Crippen LogP contribution in [0.15, 0.2) is 0 Å². The lowest BCUT2D eigenvalue weighted by Gasteiger charge is -2.44. The fourth-order valence-corrected chi connectivity index (χ4v) is 2.07. The first-order valence-electron chi connectivity index (χ1n) is 3.77. The smallest absolute Gasteiger partial charge is 0.0282 e. The lowest BCUT2D eigenvalue weighted by Crippen LogP contribution is -2.36. The van der Waals surface area contributed by atoms with Gasteiger partial charge >= 0.3 is 0 Å². The van der Waals surface area contributed by atoms with E-state index in [1.165, 1.54) is 19.3 Å². The molecule has 0 nitrogen and oxygen atoms in total. The van der Waals surface area contributed by atoms with Crippen molar-refractivity contribution in [3.63, 3.8) is 0 Å². The maximum atomic E-state index is 5.86. The van der Waals surface area contributed by atoms with E-state index in [0.29, 0.717) is 5.41 Å². The van der Waals surface area contributed by atoms with Crippen molar-refractivity contribution in [1.29, 1.82) is 0 Å². The topological polar surface area (TPSA) is 0 Å². The molecule has 0 unspecified atom stereocenters. The SMILES string of the molecule is CC(C)C1(CCl)CCC1. The van der Waals surface area contributed by atoms with E-state index in [-0.39, 0.29) is 0 Å². The van der Waals surface area contributed by atoms with Gasteiger partial charge in [-0.3, -0.25) is 0 Å². The highest BCUT2D eigenvalue weighted by atomic mass is 35.5. The molecule has 1 aliphatic rings. The van der Waals surface area contributed by atoms with Crippen molar-refractivity contribution in [2.75, 3.05) is 5.88 Å². The Morgan fingerprint density at radius 3 is 2.00 bits per heavy atom. The molecule has 0 aromatic rings.